The molecular weight excluding hydrogens is 266 g/mol. The molecule has 49 valence electrons. The van der Waals surface area contributed by atoms with Gasteiger partial charge in [0.05, 0.1) is 0 Å². The van der Waals surface area contributed by atoms with Gasteiger partial charge in [-0.15, -0.1) is 0 Å². The summed E-state index contributed by atoms with van der Waals surface area (Å²) in [6.45, 7) is 0. The van der Waals surface area contributed by atoms with Crippen LogP contribution in [0.5, 0.6) is 0 Å². The molecule has 0 bridgehead atoms. The van der Waals surface area contributed by atoms with Gasteiger partial charge in [-0.25, -0.2) is 0 Å². The van der Waals surface area contributed by atoms with Crippen molar-refractivity contribution < 1.29 is 51.5 Å². The van der Waals surface area contributed by atoms with Crippen molar-refractivity contribution in [1.82, 2.24) is 0 Å². The molecule has 0 aromatic carbocycles. The molecule has 0 nitrogen and oxygen atoms in total. The second kappa shape index (κ2) is 74.4. The number of rotatable bonds is 0. The van der Waals surface area contributed by atoms with Crippen molar-refractivity contribution in [2.24, 2.45) is 0 Å². The zero-order valence-corrected chi connectivity index (χ0v) is 9.82. The smallest absolute Gasteiger partial charge is 0 e. The van der Waals surface area contributed by atoms with Gasteiger partial charge in [0, 0.05) is 62.5 Å². The third-order valence-electron chi connectivity index (χ3n) is 0. The molecule has 0 aromatic rings. The van der Waals surface area contributed by atoms with Gasteiger partial charge in [-0.3, -0.25) is 0 Å². The summed E-state index contributed by atoms with van der Waals surface area (Å²) in [4.78, 5) is 0. The van der Waals surface area contributed by atoms with Crippen LogP contribution in [0.15, 0.2) is 0 Å². The summed E-state index contributed by atoms with van der Waals surface area (Å²) < 4.78 is 0. The van der Waals surface area contributed by atoms with Crippen LogP contribution in [0.4, 0.5) is 0 Å². The molecule has 0 spiro atoms. The molecule has 0 saturated heterocycles. The molecule has 5 radical (unpaired) electrons. The quantitative estimate of drug-likeness (QED) is 0.444. The van der Waals surface area contributed by atoms with Crippen LogP contribution in [0.25, 0.3) is 0 Å². The molecule has 0 saturated carbocycles. The Morgan fingerprint density at radius 3 is 1.00 bits per heavy atom. The maximum absolute atomic E-state index is 0. The van der Waals surface area contributed by atoms with Gasteiger partial charge in [-0.2, -0.15) is 23.4 Å². The summed E-state index contributed by atoms with van der Waals surface area (Å²) in [5.41, 5.74) is 0. The van der Waals surface area contributed by atoms with Crippen LogP contribution in [0, 0.1) is 0 Å². The summed E-state index contributed by atoms with van der Waals surface area (Å²) in [5.74, 6) is 0. The van der Waals surface area contributed by atoms with E-state index in [1.54, 1.807) is 0 Å². The number of hydrogen-bond donors (Lipinski definition) is 0. The molecule has 0 rings (SSSR count). The molecule has 0 aromatic heterocycles. The third kappa shape index (κ3) is 56.0. The van der Waals surface area contributed by atoms with Gasteiger partial charge in [0.2, 0.25) is 0 Å². The normalized spacial score (nSPS) is 0. The van der Waals surface area contributed by atoms with Gasteiger partial charge in [0.1, 0.15) is 0 Å². The molecule has 0 fully saturated rings. The molecule has 0 heterocycles. The first-order valence-electron chi connectivity index (χ1n) is 0. The Balaban J connectivity index is 0. The van der Waals surface area contributed by atoms with E-state index in [0.717, 1.165) is 0 Å². The van der Waals surface area contributed by atoms with Gasteiger partial charge in [0.25, 0.3) is 0 Å². The molecule has 0 aliphatic heterocycles. The first-order chi connectivity index (χ1) is 0. The van der Waals surface area contributed by atoms with Crippen LogP contribution in [0.2, 0.25) is 0 Å². The van der Waals surface area contributed by atoms with E-state index in [2.05, 4.69) is 0 Å². The van der Waals surface area contributed by atoms with Crippen molar-refractivity contribution in [3.05, 3.63) is 0 Å². The van der Waals surface area contributed by atoms with E-state index >= 15 is 0 Å². The van der Waals surface area contributed by atoms with Crippen molar-refractivity contribution >= 4 is 34.4 Å². The van der Waals surface area contributed by atoms with Crippen molar-refractivity contribution in [2.75, 3.05) is 0 Å². The van der Waals surface area contributed by atoms with Crippen molar-refractivity contribution in [1.29, 1.82) is 0 Å². The minimum atomic E-state index is 0. The molecule has 0 aliphatic rings. The first kappa shape index (κ1) is 106. The van der Waals surface area contributed by atoms with Crippen molar-refractivity contribution in [3.8, 4) is 0 Å². The Morgan fingerprint density at radius 1 is 1.00 bits per heavy atom. The van der Waals surface area contributed by atoms with E-state index < -0.39 is 0 Å². The molecule has 0 N–H and O–H groups in total. The zero-order valence-electron chi connectivity index (χ0n) is 2.85. The monoisotopic (exact) mass is 275 g/mol. The van der Waals surface area contributed by atoms with Crippen molar-refractivity contribution in [3.63, 3.8) is 0 Å². The van der Waals surface area contributed by atoms with Gasteiger partial charge in [-0.05, 0) is 0 Å². The van der Waals surface area contributed by atoms with Gasteiger partial charge in [0.15, 0.2) is 0 Å². The van der Waals surface area contributed by atoms with E-state index in [-0.39, 0.29) is 93.3 Å². The maximum Gasteiger partial charge on any atom is 0 e. The molecule has 1 atom stereocenters. The second-order valence-electron chi connectivity index (χ2n) is 0. The standard InChI is InChI=1S/CH4.Cr.Fe.Mn.H3P.H2S.Si/h1H4;;;;1H3;1H2;. The number of hydrogen-bond acceptors (Lipinski definition) is 0. The van der Waals surface area contributed by atoms with Gasteiger partial charge in [-0.1, -0.05) is 7.43 Å². The predicted molar refractivity (Wildman–Crippen MR) is 34.0 cm³/mol. The molecule has 0 aliphatic carbocycles. The zero-order chi connectivity index (χ0) is 0. The van der Waals surface area contributed by atoms with Crippen LogP contribution < -0.4 is 0 Å². The van der Waals surface area contributed by atoms with E-state index in [4.69, 9.17) is 0 Å². The van der Waals surface area contributed by atoms with Gasteiger partial charge < -0.3 is 0 Å². The Bertz CT molecular complexity index is 19.7. The minimum Gasteiger partial charge on any atom is -0.197 e. The van der Waals surface area contributed by atoms with Crippen molar-refractivity contribution in [2.45, 2.75) is 7.43 Å². The maximum atomic E-state index is 0. The van der Waals surface area contributed by atoms with Gasteiger partial charge >= 0.3 is 0 Å². The van der Waals surface area contributed by atoms with Crippen LogP contribution in [0.1, 0.15) is 7.43 Å². The molecule has 6 heteroatoms. The first-order valence-corrected chi connectivity index (χ1v) is 0. The van der Waals surface area contributed by atoms with E-state index in [0.29, 0.717) is 0 Å². The molecule has 0 amide bonds. The van der Waals surface area contributed by atoms with Crippen LogP contribution in [-0.2, 0) is 51.5 Å². The summed E-state index contributed by atoms with van der Waals surface area (Å²) in [7, 11) is 0. The largest absolute Gasteiger partial charge is 0.197 e. The van der Waals surface area contributed by atoms with E-state index in [1.807, 2.05) is 0 Å². The van der Waals surface area contributed by atoms with Crippen LogP contribution in [-0.4, -0.2) is 11.0 Å². The fraction of sp³-hybridized carbons (Fsp3) is 1.00. The SMILES string of the molecule is C.P.S.[Cr].[Fe].[Mn].[Si]. The Kier molecular flexibility index (Phi) is 1130. The molecular formula is CH9CrFeMnPSSi. The fourth-order valence-corrected chi connectivity index (χ4v) is 0. The second-order valence-corrected chi connectivity index (χ2v) is 0. The molecule has 7 heavy (non-hydrogen) atoms. The summed E-state index contributed by atoms with van der Waals surface area (Å²) in [6, 6.07) is 0. The average Bonchev–Trinajstić information content (AvgIpc) is 0. The van der Waals surface area contributed by atoms with Crippen LogP contribution in [0.3, 0.4) is 0 Å². The summed E-state index contributed by atoms with van der Waals surface area (Å²) in [6.07, 6.45) is 0. The predicted octanol–water partition coefficient (Wildman–Crippen LogP) is 0.419. The minimum absolute atomic E-state index is 0. The van der Waals surface area contributed by atoms with E-state index in [1.165, 1.54) is 0 Å². The summed E-state index contributed by atoms with van der Waals surface area (Å²) >= 11 is 0. The van der Waals surface area contributed by atoms with E-state index in [9.17, 15) is 0 Å². The molecule has 1 unspecified atom stereocenters. The summed E-state index contributed by atoms with van der Waals surface area (Å²) in [5, 5.41) is 0. The third-order valence-corrected chi connectivity index (χ3v) is 0. The Morgan fingerprint density at radius 2 is 1.00 bits per heavy atom. The Hall–Kier alpha value is 2.57. The van der Waals surface area contributed by atoms with Crippen LogP contribution >= 0.6 is 23.4 Å². The topological polar surface area (TPSA) is 0 Å². The Labute approximate surface area is 92.5 Å². The average molecular weight is 275 g/mol. The fourth-order valence-electron chi connectivity index (χ4n) is 0.